The molecule has 1 heterocycles. The van der Waals surface area contributed by atoms with Gasteiger partial charge in [0.15, 0.2) is 0 Å². The van der Waals surface area contributed by atoms with Gasteiger partial charge in [-0.1, -0.05) is 32.4 Å². The number of halogens is 1. The quantitative estimate of drug-likeness (QED) is 0.844. The van der Waals surface area contributed by atoms with Crippen molar-refractivity contribution in [3.05, 3.63) is 16.9 Å². The van der Waals surface area contributed by atoms with E-state index in [9.17, 15) is 0 Å². The molecule has 15 heavy (non-hydrogen) atoms. The molecule has 0 aliphatic rings. The highest BCUT2D eigenvalue weighted by atomic mass is 35.5. The lowest BCUT2D eigenvalue weighted by molar-refractivity contribution is 0.452. The molecule has 0 saturated heterocycles. The van der Waals surface area contributed by atoms with E-state index in [2.05, 4.69) is 25.9 Å². The van der Waals surface area contributed by atoms with Crippen LogP contribution in [-0.2, 0) is 6.54 Å². The largest absolute Gasteiger partial charge is 0.330 e. The molecule has 3 nitrogen and oxygen atoms in total. The second-order valence-corrected chi connectivity index (χ2v) is 4.51. The highest BCUT2D eigenvalue weighted by molar-refractivity contribution is 6.31. The molecule has 1 aromatic rings. The van der Waals surface area contributed by atoms with Gasteiger partial charge in [-0.3, -0.25) is 4.68 Å². The third-order valence-corrected chi connectivity index (χ3v) is 3.22. The van der Waals surface area contributed by atoms with Gasteiger partial charge < -0.3 is 5.73 Å². The van der Waals surface area contributed by atoms with Crippen LogP contribution in [0.5, 0.6) is 0 Å². The zero-order valence-corrected chi connectivity index (χ0v) is 10.5. The van der Waals surface area contributed by atoms with Gasteiger partial charge in [-0.2, -0.15) is 5.10 Å². The zero-order chi connectivity index (χ0) is 11.4. The second kappa shape index (κ2) is 5.52. The molecule has 4 heteroatoms. The van der Waals surface area contributed by atoms with Crippen LogP contribution in [0.4, 0.5) is 0 Å². The Balaban J connectivity index is 2.94. The number of nitrogens with zero attached hydrogens (tertiary/aromatic N) is 2. The van der Waals surface area contributed by atoms with Gasteiger partial charge in [-0.25, -0.2) is 0 Å². The summed E-state index contributed by atoms with van der Waals surface area (Å²) in [5, 5.41) is 5.05. The Morgan fingerprint density at radius 2 is 2.20 bits per heavy atom. The van der Waals surface area contributed by atoms with Gasteiger partial charge in [0.05, 0.1) is 16.9 Å². The zero-order valence-electron chi connectivity index (χ0n) is 9.70. The summed E-state index contributed by atoms with van der Waals surface area (Å²) in [6, 6.07) is 0. The van der Waals surface area contributed by atoms with Crippen molar-refractivity contribution in [2.24, 2.45) is 11.7 Å². The first-order valence-electron chi connectivity index (χ1n) is 5.53. The molecule has 2 atom stereocenters. The fourth-order valence-corrected chi connectivity index (χ4v) is 2.00. The average molecular weight is 230 g/mol. The minimum atomic E-state index is 0.358. The van der Waals surface area contributed by atoms with Crippen molar-refractivity contribution in [2.45, 2.75) is 39.7 Å². The van der Waals surface area contributed by atoms with Crippen molar-refractivity contribution in [1.29, 1.82) is 0 Å². The van der Waals surface area contributed by atoms with Crippen LogP contribution >= 0.6 is 11.6 Å². The molecule has 0 aliphatic heterocycles. The molecule has 0 saturated carbocycles. The highest BCUT2D eigenvalue weighted by Crippen LogP contribution is 2.29. The molecule has 0 aliphatic carbocycles. The molecule has 2 N–H and O–H groups in total. The van der Waals surface area contributed by atoms with Crippen molar-refractivity contribution in [3.63, 3.8) is 0 Å². The number of hydrogen-bond donors (Lipinski definition) is 1. The summed E-state index contributed by atoms with van der Waals surface area (Å²) < 4.78 is 2.00. The molecule has 86 valence electrons. The average Bonchev–Trinajstić information content (AvgIpc) is 2.58. The maximum atomic E-state index is 6.15. The molecule has 2 unspecified atom stereocenters. The van der Waals surface area contributed by atoms with E-state index in [1.165, 1.54) is 0 Å². The van der Waals surface area contributed by atoms with Crippen molar-refractivity contribution in [2.75, 3.05) is 6.54 Å². The molecule has 1 aromatic heterocycles. The van der Waals surface area contributed by atoms with Crippen LogP contribution in [0.25, 0.3) is 0 Å². The predicted molar refractivity (Wildman–Crippen MR) is 64.2 cm³/mol. The lowest BCUT2D eigenvalue weighted by Gasteiger charge is -2.20. The van der Waals surface area contributed by atoms with Crippen LogP contribution in [0, 0.1) is 5.92 Å². The summed E-state index contributed by atoms with van der Waals surface area (Å²) in [4.78, 5) is 0. The Kier molecular flexibility index (Phi) is 4.61. The summed E-state index contributed by atoms with van der Waals surface area (Å²) in [6.45, 7) is 8.03. The van der Waals surface area contributed by atoms with Gasteiger partial charge >= 0.3 is 0 Å². The summed E-state index contributed by atoms with van der Waals surface area (Å²) in [5.41, 5.74) is 6.80. The summed E-state index contributed by atoms with van der Waals surface area (Å²) >= 11 is 6.15. The summed E-state index contributed by atoms with van der Waals surface area (Å²) in [7, 11) is 0. The van der Waals surface area contributed by atoms with Crippen molar-refractivity contribution < 1.29 is 0 Å². The molecule has 0 radical (unpaired) electrons. The van der Waals surface area contributed by atoms with E-state index in [-0.39, 0.29) is 0 Å². The minimum Gasteiger partial charge on any atom is -0.330 e. The van der Waals surface area contributed by atoms with E-state index in [4.69, 9.17) is 17.3 Å². The van der Waals surface area contributed by atoms with E-state index in [1.807, 2.05) is 4.68 Å². The topological polar surface area (TPSA) is 43.8 Å². The first kappa shape index (κ1) is 12.5. The van der Waals surface area contributed by atoms with Crippen LogP contribution < -0.4 is 5.73 Å². The first-order chi connectivity index (χ1) is 7.11. The van der Waals surface area contributed by atoms with E-state index in [1.54, 1.807) is 6.20 Å². The fourth-order valence-electron chi connectivity index (χ4n) is 1.69. The Bertz CT molecular complexity index is 309. The molecule has 1 rings (SSSR count). The molecule has 0 aromatic carbocycles. The smallest absolute Gasteiger partial charge is 0.0820 e. The number of nitrogens with two attached hydrogens (primary N) is 1. The lowest BCUT2D eigenvalue weighted by Crippen LogP contribution is -2.20. The van der Waals surface area contributed by atoms with Gasteiger partial charge in [0, 0.05) is 12.5 Å². The predicted octanol–water partition coefficient (Wildman–Crippen LogP) is 2.64. The highest BCUT2D eigenvalue weighted by Gasteiger charge is 2.20. The monoisotopic (exact) mass is 229 g/mol. The lowest BCUT2D eigenvalue weighted by atomic mass is 9.93. The van der Waals surface area contributed by atoms with Gasteiger partial charge in [-0.15, -0.1) is 0 Å². The van der Waals surface area contributed by atoms with E-state index >= 15 is 0 Å². The van der Waals surface area contributed by atoms with E-state index in [0.717, 1.165) is 23.7 Å². The third-order valence-electron chi connectivity index (χ3n) is 2.93. The molecule has 0 bridgehead atoms. The summed E-state index contributed by atoms with van der Waals surface area (Å²) in [6.07, 6.45) is 2.79. The first-order valence-corrected chi connectivity index (χ1v) is 5.90. The molecular weight excluding hydrogens is 210 g/mol. The molecule has 0 amide bonds. The number of hydrogen-bond acceptors (Lipinski definition) is 2. The van der Waals surface area contributed by atoms with Crippen molar-refractivity contribution in [1.82, 2.24) is 9.78 Å². The van der Waals surface area contributed by atoms with Crippen LogP contribution in [0.1, 0.15) is 38.8 Å². The molecular formula is C11H20ClN3. The maximum Gasteiger partial charge on any atom is 0.0820 e. The Hall–Kier alpha value is -0.540. The standard InChI is InChI=1S/C11H20ClN3/c1-4-5-15-11(10(12)7-14-15)9(3)8(2)6-13/h7-9H,4-6,13H2,1-3H3. The van der Waals surface area contributed by atoms with E-state index < -0.39 is 0 Å². The number of aryl methyl sites for hydroxylation is 1. The van der Waals surface area contributed by atoms with Gasteiger partial charge in [0.2, 0.25) is 0 Å². The Labute approximate surface area is 96.6 Å². The molecule has 0 spiro atoms. The normalized spacial score (nSPS) is 15.3. The minimum absolute atomic E-state index is 0.358. The van der Waals surface area contributed by atoms with Crippen LogP contribution in [0.15, 0.2) is 6.20 Å². The SMILES string of the molecule is CCCn1ncc(Cl)c1C(C)C(C)CN. The van der Waals surface area contributed by atoms with Crippen LogP contribution in [0.3, 0.4) is 0 Å². The summed E-state index contributed by atoms with van der Waals surface area (Å²) in [5.74, 6) is 0.784. The van der Waals surface area contributed by atoms with Gasteiger partial charge in [0.25, 0.3) is 0 Å². The maximum absolute atomic E-state index is 6.15. The number of rotatable bonds is 5. The fraction of sp³-hybridized carbons (Fsp3) is 0.727. The van der Waals surface area contributed by atoms with Gasteiger partial charge in [-0.05, 0) is 18.9 Å². The third kappa shape index (κ3) is 2.73. The Morgan fingerprint density at radius 3 is 2.73 bits per heavy atom. The van der Waals surface area contributed by atoms with E-state index in [0.29, 0.717) is 18.4 Å². The second-order valence-electron chi connectivity index (χ2n) is 4.10. The van der Waals surface area contributed by atoms with Crippen LogP contribution in [0.2, 0.25) is 5.02 Å². The van der Waals surface area contributed by atoms with Crippen molar-refractivity contribution >= 4 is 11.6 Å². The van der Waals surface area contributed by atoms with Crippen molar-refractivity contribution in [3.8, 4) is 0 Å². The molecule has 0 fully saturated rings. The van der Waals surface area contributed by atoms with Crippen LogP contribution in [-0.4, -0.2) is 16.3 Å². The Morgan fingerprint density at radius 1 is 1.53 bits per heavy atom. The number of aromatic nitrogens is 2. The van der Waals surface area contributed by atoms with Gasteiger partial charge in [0.1, 0.15) is 0 Å².